The van der Waals surface area contributed by atoms with Crippen LogP contribution in [-0.4, -0.2) is 56.8 Å². The molecule has 0 fully saturated rings. The van der Waals surface area contributed by atoms with Crippen molar-refractivity contribution in [2.75, 3.05) is 24.3 Å². The fourth-order valence-electron chi connectivity index (χ4n) is 3.79. The van der Waals surface area contributed by atoms with Crippen LogP contribution in [0.4, 0.5) is 11.5 Å². The molecule has 0 radical (unpaired) electrons. The number of carbonyl (C=O) groups is 2. The van der Waals surface area contributed by atoms with Crippen molar-refractivity contribution in [2.45, 2.75) is 19.9 Å². The molecule has 0 aliphatic rings. The maximum atomic E-state index is 12.8. The van der Waals surface area contributed by atoms with Crippen LogP contribution in [0.2, 0.25) is 0 Å². The highest BCUT2D eigenvalue weighted by molar-refractivity contribution is 6.03. The van der Waals surface area contributed by atoms with Crippen molar-refractivity contribution in [3.05, 3.63) is 83.4 Å². The topological polar surface area (TPSA) is 166 Å². The number of aryl methyl sites for hydroxylation is 1. The second-order valence-electron chi connectivity index (χ2n) is 8.79. The van der Waals surface area contributed by atoms with Gasteiger partial charge in [-0.05, 0) is 73.0 Å². The number of hydrogen-bond acceptors (Lipinski definition) is 9. The summed E-state index contributed by atoms with van der Waals surface area (Å²) in [4.78, 5) is 33.8. The number of nitriles is 1. The number of amides is 2. The number of aliphatic hydroxyl groups excluding tert-OH is 1. The Morgan fingerprint density at radius 2 is 1.87 bits per heavy atom. The third kappa shape index (κ3) is 6.38. The van der Waals surface area contributed by atoms with Gasteiger partial charge in [-0.15, -0.1) is 5.10 Å². The van der Waals surface area contributed by atoms with Crippen LogP contribution in [0.5, 0.6) is 0 Å². The summed E-state index contributed by atoms with van der Waals surface area (Å²) in [6.07, 6.45) is 2.83. The minimum Gasteiger partial charge on any atom is -0.394 e. The van der Waals surface area contributed by atoms with E-state index in [9.17, 15) is 14.7 Å². The molecular weight excluding hydrogens is 496 g/mol. The van der Waals surface area contributed by atoms with Crippen molar-refractivity contribution in [1.29, 1.82) is 5.26 Å². The normalized spacial score (nSPS) is 11.3. The summed E-state index contributed by atoms with van der Waals surface area (Å²) in [5.41, 5.74) is 4.87. The van der Waals surface area contributed by atoms with Gasteiger partial charge >= 0.3 is 0 Å². The Labute approximate surface area is 225 Å². The SMILES string of the molecule is CNC(=O)c1cc(-c2cc(-c3cc(NC(=O)c4cc(C#N)cnn4)ccc3C)cc(N[C@H](C)CO)n2)ccn1. The van der Waals surface area contributed by atoms with Gasteiger partial charge in [0.05, 0.1) is 24.1 Å². The summed E-state index contributed by atoms with van der Waals surface area (Å²) >= 11 is 0. The molecule has 3 aromatic heterocycles. The molecule has 11 heteroatoms. The van der Waals surface area contributed by atoms with E-state index in [-0.39, 0.29) is 35.5 Å². The molecule has 0 unspecified atom stereocenters. The van der Waals surface area contributed by atoms with Gasteiger partial charge in [0.15, 0.2) is 5.69 Å². The third-order valence-electron chi connectivity index (χ3n) is 5.83. The largest absolute Gasteiger partial charge is 0.394 e. The lowest BCUT2D eigenvalue weighted by Crippen LogP contribution is -2.20. The Hall–Kier alpha value is -5.21. The van der Waals surface area contributed by atoms with Crippen molar-refractivity contribution < 1.29 is 14.7 Å². The second kappa shape index (κ2) is 11.9. The van der Waals surface area contributed by atoms with E-state index in [1.165, 1.54) is 19.3 Å². The quantitative estimate of drug-likeness (QED) is 0.272. The highest BCUT2D eigenvalue weighted by Crippen LogP contribution is 2.32. The number of carbonyl (C=O) groups excluding carboxylic acids is 2. The van der Waals surface area contributed by atoms with Gasteiger partial charge in [-0.2, -0.15) is 10.4 Å². The number of anilines is 2. The van der Waals surface area contributed by atoms with Gasteiger partial charge in [0, 0.05) is 30.5 Å². The van der Waals surface area contributed by atoms with E-state index in [1.807, 2.05) is 44.2 Å². The highest BCUT2D eigenvalue weighted by Gasteiger charge is 2.15. The molecule has 0 spiro atoms. The van der Waals surface area contributed by atoms with Crippen LogP contribution in [0.25, 0.3) is 22.4 Å². The van der Waals surface area contributed by atoms with Crippen molar-refractivity contribution >= 4 is 23.3 Å². The van der Waals surface area contributed by atoms with Gasteiger partial charge in [-0.25, -0.2) is 4.98 Å². The minimum absolute atomic E-state index is 0.0245. The van der Waals surface area contributed by atoms with Gasteiger partial charge in [-0.3, -0.25) is 14.6 Å². The first-order valence-corrected chi connectivity index (χ1v) is 12.0. The van der Waals surface area contributed by atoms with Crippen LogP contribution in [0, 0.1) is 18.3 Å². The average Bonchev–Trinajstić information content (AvgIpc) is 2.97. The number of pyridine rings is 2. The molecule has 11 nitrogen and oxygen atoms in total. The fourth-order valence-corrected chi connectivity index (χ4v) is 3.79. The average molecular weight is 523 g/mol. The summed E-state index contributed by atoms with van der Waals surface area (Å²) in [5.74, 6) is -0.285. The van der Waals surface area contributed by atoms with Gasteiger partial charge < -0.3 is 21.1 Å². The molecule has 3 heterocycles. The molecule has 2 amide bonds. The Morgan fingerprint density at radius 3 is 2.62 bits per heavy atom. The van der Waals surface area contributed by atoms with Crippen molar-refractivity contribution in [1.82, 2.24) is 25.5 Å². The van der Waals surface area contributed by atoms with E-state index < -0.39 is 5.91 Å². The molecule has 4 rings (SSSR count). The molecule has 39 heavy (non-hydrogen) atoms. The van der Waals surface area contributed by atoms with E-state index in [2.05, 4.69) is 31.1 Å². The number of nitrogens with one attached hydrogen (secondary N) is 3. The van der Waals surface area contributed by atoms with Gasteiger partial charge in [0.1, 0.15) is 17.6 Å². The second-order valence-corrected chi connectivity index (χ2v) is 8.79. The molecule has 4 aromatic rings. The zero-order valence-corrected chi connectivity index (χ0v) is 21.6. The first kappa shape index (κ1) is 26.8. The number of aliphatic hydroxyl groups is 1. The summed E-state index contributed by atoms with van der Waals surface area (Å²) in [5, 5.41) is 34.7. The van der Waals surface area contributed by atoms with Gasteiger partial charge in [0.2, 0.25) is 0 Å². The monoisotopic (exact) mass is 522 g/mol. The van der Waals surface area contributed by atoms with Crippen LogP contribution in [0.15, 0.2) is 60.9 Å². The van der Waals surface area contributed by atoms with E-state index in [4.69, 9.17) is 10.2 Å². The maximum absolute atomic E-state index is 12.8. The lowest BCUT2D eigenvalue weighted by atomic mass is 9.98. The molecule has 196 valence electrons. The smallest absolute Gasteiger partial charge is 0.276 e. The molecule has 0 aliphatic carbocycles. The zero-order valence-electron chi connectivity index (χ0n) is 21.6. The summed E-state index contributed by atoms with van der Waals surface area (Å²) in [6, 6.07) is 15.7. The standard InChI is InChI=1S/C28H26N8O3/c1-16-4-5-21(34-28(39)25-8-18(13-29)14-32-36-25)12-22(16)20-10-23(35-26(11-20)33-17(2)15-37)19-6-7-31-24(9-19)27(38)30-3/h4-12,14,17,37H,15H2,1-3H3,(H,30,38)(H,33,35)(H,34,39)/t17-/m1/s1. The minimum atomic E-state index is -0.498. The lowest BCUT2D eigenvalue weighted by molar-refractivity contribution is 0.0957. The van der Waals surface area contributed by atoms with E-state index in [1.54, 1.807) is 24.4 Å². The Morgan fingerprint density at radius 1 is 1.05 bits per heavy atom. The lowest BCUT2D eigenvalue weighted by Gasteiger charge is -2.16. The van der Waals surface area contributed by atoms with Gasteiger partial charge in [0.25, 0.3) is 11.8 Å². The van der Waals surface area contributed by atoms with Crippen LogP contribution in [0.3, 0.4) is 0 Å². The first-order chi connectivity index (χ1) is 18.8. The third-order valence-corrected chi connectivity index (χ3v) is 5.83. The predicted octanol–water partition coefficient (Wildman–Crippen LogP) is 3.19. The number of aromatic nitrogens is 4. The fraction of sp³-hybridized carbons (Fsp3) is 0.179. The number of benzene rings is 1. The number of rotatable bonds is 8. The summed E-state index contributed by atoms with van der Waals surface area (Å²) in [7, 11) is 1.54. The molecule has 0 bridgehead atoms. The number of nitrogens with zero attached hydrogens (tertiary/aromatic N) is 5. The van der Waals surface area contributed by atoms with Gasteiger partial charge in [-0.1, -0.05) is 6.07 Å². The molecule has 1 aromatic carbocycles. The van der Waals surface area contributed by atoms with Crippen LogP contribution < -0.4 is 16.0 Å². The van der Waals surface area contributed by atoms with E-state index in [0.717, 1.165) is 16.7 Å². The Bertz CT molecular complexity index is 1580. The van der Waals surface area contributed by atoms with Crippen LogP contribution in [-0.2, 0) is 0 Å². The van der Waals surface area contributed by atoms with E-state index >= 15 is 0 Å². The van der Waals surface area contributed by atoms with Crippen LogP contribution >= 0.6 is 0 Å². The highest BCUT2D eigenvalue weighted by atomic mass is 16.3. The van der Waals surface area contributed by atoms with E-state index in [0.29, 0.717) is 22.8 Å². The maximum Gasteiger partial charge on any atom is 0.276 e. The summed E-state index contributed by atoms with van der Waals surface area (Å²) in [6.45, 7) is 3.69. The molecule has 0 saturated carbocycles. The first-order valence-electron chi connectivity index (χ1n) is 12.0. The Kier molecular flexibility index (Phi) is 8.18. The molecule has 0 saturated heterocycles. The van der Waals surface area contributed by atoms with Crippen molar-refractivity contribution in [3.8, 4) is 28.5 Å². The molecule has 1 atom stereocenters. The Balaban J connectivity index is 1.75. The molecule has 0 aliphatic heterocycles. The summed E-state index contributed by atoms with van der Waals surface area (Å²) < 4.78 is 0. The predicted molar refractivity (Wildman–Crippen MR) is 146 cm³/mol. The van der Waals surface area contributed by atoms with Crippen LogP contribution in [0.1, 0.15) is 39.0 Å². The zero-order chi connectivity index (χ0) is 27.9. The molecule has 4 N–H and O–H groups in total. The molecular formula is C28H26N8O3. The number of hydrogen-bond donors (Lipinski definition) is 4. The van der Waals surface area contributed by atoms with Crippen molar-refractivity contribution in [2.24, 2.45) is 0 Å². The van der Waals surface area contributed by atoms with Crippen molar-refractivity contribution in [3.63, 3.8) is 0 Å².